The van der Waals surface area contributed by atoms with E-state index in [4.69, 9.17) is 4.74 Å². The number of rotatable bonds is 12. The van der Waals surface area contributed by atoms with Gasteiger partial charge in [0.1, 0.15) is 18.5 Å². The van der Waals surface area contributed by atoms with Gasteiger partial charge in [-0.3, -0.25) is 19.2 Å². The van der Waals surface area contributed by atoms with Gasteiger partial charge in [-0.15, -0.1) is 0 Å². The Morgan fingerprint density at radius 1 is 0.974 bits per heavy atom. The molecule has 4 rings (SSSR count). The van der Waals surface area contributed by atoms with E-state index >= 15 is 0 Å². The lowest BCUT2D eigenvalue weighted by molar-refractivity contribution is -0.141. The molecule has 0 bridgehead atoms. The molecule has 1 aliphatic heterocycles. The lowest BCUT2D eigenvalue weighted by Crippen LogP contribution is -2.55. The molecule has 0 unspecified atom stereocenters. The molecule has 3 fully saturated rings. The van der Waals surface area contributed by atoms with Crippen molar-refractivity contribution in [3.05, 3.63) is 35.6 Å². The molecule has 3 atom stereocenters. The fourth-order valence-corrected chi connectivity index (χ4v) is 5.25. The number of ether oxygens (including phenoxy) is 1. The minimum atomic E-state index is -1.20. The van der Waals surface area contributed by atoms with Gasteiger partial charge in [0.15, 0.2) is 0 Å². The highest BCUT2D eigenvalue weighted by Gasteiger charge is 2.37. The van der Waals surface area contributed by atoms with Gasteiger partial charge in [-0.1, -0.05) is 44.2 Å². The third kappa shape index (κ3) is 8.76. The Morgan fingerprint density at radius 3 is 2.41 bits per heavy atom. The van der Waals surface area contributed by atoms with Crippen molar-refractivity contribution in [1.82, 2.24) is 21.3 Å². The molecule has 11 heteroatoms. The highest BCUT2D eigenvalue weighted by Crippen LogP contribution is 2.28. The van der Waals surface area contributed by atoms with Crippen LogP contribution in [0.2, 0.25) is 0 Å². The summed E-state index contributed by atoms with van der Waals surface area (Å²) in [7, 11) is 0. The van der Waals surface area contributed by atoms with Crippen LogP contribution in [0, 0.1) is 17.7 Å². The molecule has 2 aliphatic carbocycles. The fourth-order valence-electron chi connectivity index (χ4n) is 5.25. The van der Waals surface area contributed by atoms with E-state index < -0.39 is 47.5 Å². The highest BCUT2D eigenvalue weighted by atomic mass is 19.1. The van der Waals surface area contributed by atoms with Gasteiger partial charge in [-0.25, -0.2) is 9.18 Å². The van der Waals surface area contributed by atoms with E-state index in [-0.39, 0.29) is 30.9 Å². The van der Waals surface area contributed by atoms with Crippen molar-refractivity contribution >= 4 is 29.6 Å². The summed E-state index contributed by atoms with van der Waals surface area (Å²) in [6.07, 6.45) is 6.60. The molecule has 3 aliphatic rings. The van der Waals surface area contributed by atoms with E-state index in [1.807, 2.05) is 0 Å². The smallest absolute Gasteiger partial charge is 0.408 e. The number of alkyl carbamates (subject to hydrolysis) is 1. The molecule has 2 saturated carbocycles. The summed E-state index contributed by atoms with van der Waals surface area (Å²) in [6.45, 7) is 0.288. The first kappa shape index (κ1) is 28.5. The lowest BCUT2D eigenvalue weighted by atomic mass is 9.84. The average Bonchev–Trinajstić information content (AvgIpc) is 3.65. The van der Waals surface area contributed by atoms with Gasteiger partial charge in [0.05, 0.1) is 6.04 Å². The maximum atomic E-state index is 13.5. The molecule has 1 aromatic rings. The first-order chi connectivity index (χ1) is 18.8. The molecule has 1 aromatic carbocycles. The van der Waals surface area contributed by atoms with Crippen LogP contribution in [0.25, 0.3) is 0 Å². The van der Waals surface area contributed by atoms with Gasteiger partial charge in [0.25, 0.3) is 5.91 Å². The Balaban J connectivity index is 1.43. The maximum Gasteiger partial charge on any atom is 0.408 e. The second-order valence-corrected chi connectivity index (χ2v) is 10.8. The SMILES string of the molecule is O=C(N[C@@H](CC1CCCCC1)C(=O)N[C@@H](C[C@@H]1CCNC1=O)C(=O)C(=O)NC1CC1)OCc1cccc(F)c1. The number of ketones is 1. The van der Waals surface area contributed by atoms with Crippen LogP contribution in [-0.4, -0.2) is 54.3 Å². The Morgan fingerprint density at radius 2 is 1.74 bits per heavy atom. The fraction of sp³-hybridized carbons (Fsp3) is 0.607. The van der Waals surface area contributed by atoms with Crippen LogP contribution in [0.3, 0.4) is 0 Å². The predicted molar refractivity (Wildman–Crippen MR) is 139 cm³/mol. The van der Waals surface area contributed by atoms with Gasteiger partial charge < -0.3 is 26.0 Å². The molecule has 0 spiro atoms. The Hall–Kier alpha value is -3.50. The van der Waals surface area contributed by atoms with E-state index in [1.165, 1.54) is 18.2 Å². The molecule has 1 saturated heterocycles. The number of halogens is 1. The molecule has 0 radical (unpaired) electrons. The summed E-state index contributed by atoms with van der Waals surface area (Å²) >= 11 is 0. The summed E-state index contributed by atoms with van der Waals surface area (Å²) in [5, 5.41) is 10.6. The predicted octanol–water partition coefficient (Wildman–Crippen LogP) is 2.25. The van der Waals surface area contributed by atoms with Crippen molar-refractivity contribution in [1.29, 1.82) is 0 Å². The quantitative estimate of drug-likeness (QED) is 0.297. The molecular weight excluding hydrogens is 507 g/mol. The number of Topliss-reactive ketones (excluding diaryl/α,β-unsaturated/α-hetero) is 1. The molecule has 10 nitrogen and oxygen atoms in total. The molecule has 39 heavy (non-hydrogen) atoms. The Bertz CT molecular complexity index is 1070. The number of benzene rings is 1. The summed E-state index contributed by atoms with van der Waals surface area (Å²) < 4.78 is 18.7. The van der Waals surface area contributed by atoms with E-state index in [2.05, 4.69) is 21.3 Å². The molecule has 0 aromatic heterocycles. The Kier molecular flexibility index (Phi) is 9.89. The molecule has 4 amide bonds. The minimum absolute atomic E-state index is 0.00530. The Labute approximate surface area is 227 Å². The topological polar surface area (TPSA) is 143 Å². The number of carbonyl (C=O) groups excluding carboxylic acids is 5. The monoisotopic (exact) mass is 544 g/mol. The van der Waals surface area contributed by atoms with Crippen LogP contribution in [0.1, 0.15) is 69.8 Å². The summed E-state index contributed by atoms with van der Waals surface area (Å²) in [6, 6.07) is 3.41. The minimum Gasteiger partial charge on any atom is -0.445 e. The van der Waals surface area contributed by atoms with Crippen molar-refractivity contribution in [3.8, 4) is 0 Å². The molecule has 4 N–H and O–H groups in total. The van der Waals surface area contributed by atoms with E-state index in [0.29, 0.717) is 24.9 Å². The number of hydrogen-bond acceptors (Lipinski definition) is 6. The normalized spacial score (nSPS) is 20.8. The van der Waals surface area contributed by atoms with Gasteiger partial charge in [0.2, 0.25) is 17.6 Å². The summed E-state index contributed by atoms with van der Waals surface area (Å²) in [4.78, 5) is 63.9. The highest BCUT2D eigenvalue weighted by molar-refractivity contribution is 6.38. The second-order valence-electron chi connectivity index (χ2n) is 10.8. The lowest BCUT2D eigenvalue weighted by Gasteiger charge is -2.28. The third-order valence-corrected chi connectivity index (χ3v) is 7.61. The van der Waals surface area contributed by atoms with Crippen LogP contribution in [0.15, 0.2) is 24.3 Å². The van der Waals surface area contributed by atoms with E-state index in [0.717, 1.165) is 44.9 Å². The average molecular weight is 545 g/mol. The largest absolute Gasteiger partial charge is 0.445 e. The van der Waals surface area contributed by atoms with Crippen molar-refractivity contribution in [2.45, 2.75) is 88.9 Å². The molecular formula is C28H37FN4O6. The van der Waals surface area contributed by atoms with Gasteiger partial charge in [0, 0.05) is 18.5 Å². The molecule has 212 valence electrons. The van der Waals surface area contributed by atoms with E-state index in [1.54, 1.807) is 6.07 Å². The number of amides is 4. The van der Waals surface area contributed by atoms with Crippen LogP contribution in [0.5, 0.6) is 0 Å². The molecule has 1 heterocycles. The number of carbonyl (C=O) groups is 5. The van der Waals surface area contributed by atoms with Crippen LogP contribution in [-0.2, 0) is 30.5 Å². The van der Waals surface area contributed by atoms with Gasteiger partial charge in [-0.2, -0.15) is 0 Å². The van der Waals surface area contributed by atoms with E-state index in [9.17, 15) is 28.4 Å². The number of hydrogen-bond donors (Lipinski definition) is 4. The van der Waals surface area contributed by atoms with Crippen LogP contribution in [0.4, 0.5) is 9.18 Å². The number of nitrogens with one attached hydrogen (secondary N) is 4. The first-order valence-corrected chi connectivity index (χ1v) is 13.9. The zero-order valence-corrected chi connectivity index (χ0v) is 22.0. The van der Waals surface area contributed by atoms with Crippen LogP contribution >= 0.6 is 0 Å². The zero-order valence-electron chi connectivity index (χ0n) is 22.0. The summed E-state index contributed by atoms with van der Waals surface area (Å²) in [5.41, 5.74) is 0.459. The standard InChI is InChI=1S/C28H37FN4O6/c29-20-8-4-7-18(13-20)16-39-28(38)33-23(14-17-5-2-1-3-6-17)26(36)32-22(15-19-11-12-30-25(19)35)24(34)27(37)31-21-9-10-21/h4,7-8,13,17,19,21-23H,1-3,5-6,9-12,14-16H2,(H,30,35)(H,31,37)(H,32,36)(H,33,38)/t19-,22-,23-/m0/s1. The van der Waals surface area contributed by atoms with Crippen molar-refractivity contribution < 1.29 is 33.1 Å². The van der Waals surface area contributed by atoms with Crippen molar-refractivity contribution in [3.63, 3.8) is 0 Å². The second kappa shape index (κ2) is 13.5. The van der Waals surface area contributed by atoms with Gasteiger partial charge in [-0.05, 0) is 55.7 Å². The van der Waals surface area contributed by atoms with Crippen molar-refractivity contribution in [2.24, 2.45) is 11.8 Å². The summed E-state index contributed by atoms with van der Waals surface area (Å²) in [5.74, 6) is -3.18. The first-order valence-electron chi connectivity index (χ1n) is 13.9. The van der Waals surface area contributed by atoms with Crippen LogP contribution < -0.4 is 21.3 Å². The zero-order chi connectivity index (χ0) is 27.8. The third-order valence-electron chi connectivity index (χ3n) is 7.61. The van der Waals surface area contributed by atoms with Crippen molar-refractivity contribution in [2.75, 3.05) is 6.54 Å². The van der Waals surface area contributed by atoms with Gasteiger partial charge >= 0.3 is 6.09 Å². The maximum absolute atomic E-state index is 13.5.